The molecule has 1 atom stereocenters. The third kappa shape index (κ3) is 4.27. The first kappa shape index (κ1) is 21.6. The zero-order valence-electron chi connectivity index (χ0n) is 17.3. The van der Waals surface area contributed by atoms with Crippen LogP contribution in [0.5, 0.6) is 5.75 Å². The Balaban J connectivity index is 1.63. The Hall–Kier alpha value is -2.59. The number of para-hydroxylation sites is 2. The standard InChI is InChI=1S/C21H24N2O6S2/c1-3-28-21(25)18-13-8-4-7-11-17(13)30-20(18)22-19(24)16-12-23(31(2,26)27)14-9-5-6-10-15(14)29-16/h5-6,9-10,16H,3-4,7-8,11-12H2,1-2H3,(H,22,24)/t16-/m1/s1. The summed E-state index contributed by atoms with van der Waals surface area (Å²) in [6.07, 6.45) is 3.68. The van der Waals surface area contributed by atoms with E-state index in [1.54, 1.807) is 31.2 Å². The molecule has 8 nitrogen and oxygen atoms in total. The molecule has 0 saturated carbocycles. The second kappa shape index (κ2) is 8.51. The van der Waals surface area contributed by atoms with E-state index in [9.17, 15) is 18.0 Å². The number of sulfonamides is 1. The van der Waals surface area contributed by atoms with Gasteiger partial charge in [0.05, 0.1) is 30.7 Å². The van der Waals surface area contributed by atoms with E-state index in [-0.39, 0.29) is 13.2 Å². The number of carbonyl (C=O) groups is 2. The van der Waals surface area contributed by atoms with E-state index in [4.69, 9.17) is 9.47 Å². The van der Waals surface area contributed by atoms with E-state index in [0.717, 1.165) is 42.4 Å². The van der Waals surface area contributed by atoms with Crippen molar-refractivity contribution in [3.63, 3.8) is 0 Å². The van der Waals surface area contributed by atoms with Gasteiger partial charge in [-0.1, -0.05) is 12.1 Å². The number of benzene rings is 1. The molecule has 1 aliphatic heterocycles. The molecule has 0 spiro atoms. The second-order valence-electron chi connectivity index (χ2n) is 7.49. The third-order valence-electron chi connectivity index (χ3n) is 5.32. The van der Waals surface area contributed by atoms with Crippen LogP contribution in [0.3, 0.4) is 0 Å². The molecule has 4 rings (SSSR count). The lowest BCUT2D eigenvalue weighted by Gasteiger charge is -2.33. The van der Waals surface area contributed by atoms with Gasteiger partial charge in [-0.2, -0.15) is 0 Å². The van der Waals surface area contributed by atoms with E-state index in [1.807, 2.05) is 0 Å². The van der Waals surface area contributed by atoms with Crippen molar-refractivity contribution in [2.45, 2.75) is 38.7 Å². The lowest BCUT2D eigenvalue weighted by atomic mass is 9.95. The van der Waals surface area contributed by atoms with Crippen LogP contribution in [0.4, 0.5) is 10.7 Å². The summed E-state index contributed by atoms with van der Waals surface area (Å²) in [6, 6.07) is 6.69. The van der Waals surface area contributed by atoms with Crippen LogP contribution < -0.4 is 14.4 Å². The molecule has 1 N–H and O–H groups in total. The van der Waals surface area contributed by atoms with Gasteiger partial charge in [0.15, 0.2) is 6.10 Å². The molecule has 2 aliphatic rings. The Kier molecular flexibility index (Phi) is 5.94. The first-order valence-electron chi connectivity index (χ1n) is 10.2. The van der Waals surface area contributed by atoms with Crippen molar-refractivity contribution in [3.8, 4) is 5.75 Å². The summed E-state index contributed by atoms with van der Waals surface area (Å²) in [5, 5.41) is 3.25. The van der Waals surface area contributed by atoms with Gasteiger partial charge in [0.1, 0.15) is 10.8 Å². The van der Waals surface area contributed by atoms with Crippen molar-refractivity contribution in [3.05, 3.63) is 40.3 Å². The molecule has 0 radical (unpaired) electrons. The molecule has 1 aromatic heterocycles. The van der Waals surface area contributed by atoms with Crippen LogP contribution >= 0.6 is 11.3 Å². The maximum Gasteiger partial charge on any atom is 0.341 e. The van der Waals surface area contributed by atoms with Crippen LogP contribution in [0.1, 0.15) is 40.6 Å². The molecule has 1 amide bonds. The van der Waals surface area contributed by atoms with Gasteiger partial charge < -0.3 is 14.8 Å². The van der Waals surface area contributed by atoms with E-state index in [0.29, 0.717) is 22.0 Å². The number of ether oxygens (including phenoxy) is 2. The number of amides is 1. The van der Waals surface area contributed by atoms with Crippen molar-refractivity contribution >= 4 is 43.9 Å². The minimum Gasteiger partial charge on any atom is -0.476 e. The van der Waals surface area contributed by atoms with Crippen molar-refractivity contribution in [2.75, 3.05) is 29.0 Å². The van der Waals surface area contributed by atoms with Gasteiger partial charge in [-0.15, -0.1) is 11.3 Å². The highest BCUT2D eigenvalue weighted by atomic mass is 32.2. The van der Waals surface area contributed by atoms with E-state index < -0.39 is 28.0 Å². The molecular weight excluding hydrogens is 440 g/mol. The summed E-state index contributed by atoms with van der Waals surface area (Å²) in [7, 11) is -3.61. The van der Waals surface area contributed by atoms with Gasteiger partial charge in [0.2, 0.25) is 10.0 Å². The largest absolute Gasteiger partial charge is 0.476 e. The first-order valence-corrected chi connectivity index (χ1v) is 12.8. The highest BCUT2D eigenvalue weighted by Crippen LogP contribution is 2.39. The van der Waals surface area contributed by atoms with Crippen LogP contribution in [0, 0.1) is 0 Å². The van der Waals surface area contributed by atoms with Crippen molar-refractivity contribution in [2.24, 2.45) is 0 Å². The number of fused-ring (bicyclic) bond motifs is 2. The topological polar surface area (TPSA) is 102 Å². The number of esters is 1. The normalized spacial score (nSPS) is 17.9. The summed E-state index contributed by atoms with van der Waals surface area (Å²) in [5.74, 6) is -0.646. The average Bonchev–Trinajstić information content (AvgIpc) is 3.10. The quantitative estimate of drug-likeness (QED) is 0.683. The number of rotatable bonds is 5. The minimum absolute atomic E-state index is 0.151. The number of hydrogen-bond donors (Lipinski definition) is 1. The Morgan fingerprint density at radius 1 is 1.26 bits per heavy atom. The maximum atomic E-state index is 13.1. The van der Waals surface area contributed by atoms with Crippen LogP contribution in [-0.2, 0) is 32.4 Å². The summed E-state index contributed by atoms with van der Waals surface area (Å²) >= 11 is 1.38. The van der Waals surface area contributed by atoms with Crippen molar-refractivity contribution < 1.29 is 27.5 Å². The monoisotopic (exact) mass is 464 g/mol. The van der Waals surface area contributed by atoms with Crippen molar-refractivity contribution in [1.82, 2.24) is 0 Å². The average molecular weight is 465 g/mol. The molecule has 31 heavy (non-hydrogen) atoms. The number of anilines is 2. The molecule has 1 aromatic carbocycles. The fourth-order valence-electron chi connectivity index (χ4n) is 3.92. The van der Waals surface area contributed by atoms with E-state index in [1.165, 1.54) is 15.6 Å². The fraction of sp³-hybridized carbons (Fsp3) is 0.429. The SMILES string of the molecule is CCOC(=O)c1c(NC(=O)[C@H]2CN(S(C)(=O)=O)c3ccccc3O2)sc2c1CCCC2. The summed E-state index contributed by atoms with van der Waals surface area (Å²) in [6.45, 7) is 1.83. The molecule has 2 aromatic rings. The molecule has 2 heterocycles. The van der Waals surface area contributed by atoms with Crippen LogP contribution in [-0.4, -0.2) is 45.8 Å². The number of aryl methyl sites for hydroxylation is 1. The van der Waals surface area contributed by atoms with Crippen molar-refractivity contribution in [1.29, 1.82) is 0 Å². The van der Waals surface area contributed by atoms with Gasteiger partial charge in [-0.25, -0.2) is 13.2 Å². The second-order valence-corrected chi connectivity index (χ2v) is 10.5. The summed E-state index contributed by atoms with van der Waals surface area (Å²) < 4.78 is 36.8. The minimum atomic E-state index is -3.61. The summed E-state index contributed by atoms with van der Waals surface area (Å²) in [5.41, 5.74) is 1.75. The molecule has 0 fully saturated rings. The predicted molar refractivity (Wildman–Crippen MR) is 119 cm³/mol. The molecule has 166 valence electrons. The Labute approximate surface area is 185 Å². The maximum absolute atomic E-state index is 13.1. The lowest BCUT2D eigenvalue weighted by molar-refractivity contribution is -0.122. The van der Waals surface area contributed by atoms with E-state index in [2.05, 4.69) is 5.32 Å². The van der Waals surface area contributed by atoms with Crippen LogP contribution in [0.15, 0.2) is 24.3 Å². The smallest absolute Gasteiger partial charge is 0.341 e. The molecule has 0 unspecified atom stereocenters. The molecule has 1 aliphatic carbocycles. The zero-order valence-corrected chi connectivity index (χ0v) is 19.0. The first-order chi connectivity index (χ1) is 14.8. The number of thiophene rings is 1. The highest BCUT2D eigenvalue weighted by Gasteiger charge is 2.36. The predicted octanol–water partition coefficient (Wildman–Crippen LogP) is 2.97. The number of nitrogens with one attached hydrogen (secondary N) is 1. The van der Waals surface area contributed by atoms with Gasteiger partial charge >= 0.3 is 5.97 Å². The van der Waals surface area contributed by atoms with Gasteiger partial charge in [-0.3, -0.25) is 9.10 Å². The van der Waals surface area contributed by atoms with Gasteiger partial charge in [0, 0.05) is 4.88 Å². The van der Waals surface area contributed by atoms with Crippen LogP contribution in [0.2, 0.25) is 0 Å². The van der Waals surface area contributed by atoms with Gasteiger partial charge in [-0.05, 0) is 50.3 Å². The Morgan fingerprint density at radius 2 is 2.00 bits per heavy atom. The molecule has 10 heteroatoms. The number of hydrogen-bond acceptors (Lipinski definition) is 7. The molecular formula is C21H24N2O6S2. The fourth-order valence-corrected chi connectivity index (χ4v) is 6.11. The lowest BCUT2D eigenvalue weighted by Crippen LogP contribution is -2.48. The Morgan fingerprint density at radius 3 is 2.74 bits per heavy atom. The third-order valence-corrected chi connectivity index (χ3v) is 7.67. The van der Waals surface area contributed by atoms with Gasteiger partial charge in [0.25, 0.3) is 5.91 Å². The Bertz CT molecular complexity index is 1120. The summed E-state index contributed by atoms with van der Waals surface area (Å²) in [4.78, 5) is 26.8. The van der Waals surface area contributed by atoms with Crippen LogP contribution in [0.25, 0.3) is 0 Å². The molecule has 0 bridgehead atoms. The zero-order chi connectivity index (χ0) is 22.2. The highest BCUT2D eigenvalue weighted by molar-refractivity contribution is 7.92. The van der Waals surface area contributed by atoms with E-state index >= 15 is 0 Å². The molecule has 0 saturated heterocycles. The number of carbonyl (C=O) groups excluding carboxylic acids is 2. The number of nitrogens with zero attached hydrogens (tertiary/aromatic N) is 1.